The van der Waals surface area contributed by atoms with Crippen molar-refractivity contribution in [3.05, 3.63) is 54.1 Å². The monoisotopic (exact) mass is 497 g/mol. The molecule has 0 fully saturated rings. The van der Waals surface area contributed by atoms with E-state index in [1.165, 1.54) is 63.4 Å². The van der Waals surface area contributed by atoms with Crippen molar-refractivity contribution in [3.63, 3.8) is 0 Å². The molecule has 1 unspecified atom stereocenters. The molecular weight excluding hydrogens is 474 g/mol. The fourth-order valence-electron chi connectivity index (χ4n) is 2.59. The first kappa shape index (κ1) is 26.1. The lowest BCUT2D eigenvalue weighted by Crippen LogP contribution is -2.37. The van der Waals surface area contributed by atoms with E-state index < -0.39 is 44.6 Å². The van der Waals surface area contributed by atoms with E-state index in [0.29, 0.717) is 5.56 Å². The molecule has 2 rings (SSSR count). The maximum Gasteiger partial charge on any atom is 0.322 e. The van der Waals surface area contributed by atoms with Crippen LogP contribution in [-0.2, 0) is 34.4 Å². The second-order valence-electron chi connectivity index (χ2n) is 7.04. The molecule has 0 aliphatic rings. The van der Waals surface area contributed by atoms with Crippen LogP contribution < -0.4 is 10.5 Å². The molecule has 33 heavy (non-hydrogen) atoms. The van der Waals surface area contributed by atoms with Crippen molar-refractivity contribution >= 4 is 43.4 Å². The lowest BCUT2D eigenvalue weighted by atomic mass is 10.2. The zero-order chi connectivity index (χ0) is 25.0. The number of nitrogens with one attached hydrogen (secondary N) is 1. The van der Waals surface area contributed by atoms with Gasteiger partial charge in [0.25, 0.3) is 5.91 Å². The summed E-state index contributed by atoms with van der Waals surface area (Å²) < 4.78 is 53.8. The summed E-state index contributed by atoms with van der Waals surface area (Å²) in [5, 5.41) is 7.44. The number of ether oxygens (including phenoxy) is 1. The van der Waals surface area contributed by atoms with Gasteiger partial charge in [-0.05, 0) is 44.2 Å². The molecule has 0 spiro atoms. The number of esters is 1. The Labute approximate surface area is 191 Å². The Balaban J connectivity index is 2.00. The molecule has 0 aliphatic carbocycles. The molecular formula is C20H23N3O8S2. The Morgan fingerprint density at radius 1 is 1.03 bits per heavy atom. The molecule has 3 N–H and O–H groups in total. The maximum atomic E-state index is 12.6. The van der Waals surface area contributed by atoms with Gasteiger partial charge in [0.1, 0.15) is 6.54 Å². The van der Waals surface area contributed by atoms with Crippen LogP contribution in [-0.4, -0.2) is 58.5 Å². The van der Waals surface area contributed by atoms with Crippen molar-refractivity contribution in [2.45, 2.75) is 29.7 Å². The Hall–Kier alpha value is -3.13. The van der Waals surface area contributed by atoms with E-state index >= 15 is 0 Å². The van der Waals surface area contributed by atoms with Crippen LogP contribution in [0.5, 0.6) is 0 Å². The van der Waals surface area contributed by atoms with Gasteiger partial charge in [-0.25, -0.2) is 22.0 Å². The molecule has 0 saturated carbocycles. The number of likely N-dealkylation sites (N-methyl/N-ethyl adjacent to an activating group) is 1. The molecule has 178 valence electrons. The van der Waals surface area contributed by atoms with E-state index in [-0.39, 0.29) is 21.3 Å². The number of carbonyl (C=O) groups excluding carboxylic acids is 3. The highest BCUT2D eigenvalue weighted by atomic mass is 32.2. The first-order chi connectivity index (χ1) is 15.2. The topological polar surface area (TPSA) is 170 Å². The number of Topliss-reactive ketones (excluding diaryl/α,β-unsaturated/α-hetero) is 1. The van der Waals surface area contributed by atoms with Crippen LogP contribution in [0.4, 0.5) is 5.69 Å². The number of nitrogens with zero attached hydrogens (tertiary/aromatic N) is 1. The Morgan fingerprint density at radius 3 is 2.18 bits per heavy atom. The number of carbonyl (C=O) groups is 3. The molecule has 0 heterocycles. The number of hydrogen-bond acceptors (Lipinski definition) is 8. The van der Waals surface area contributed by atoms with Crippen LogP contribution in [0.25, 0.3) is 0 Å². The minimum Gasteiger partial charge on any atom is -0.452 e. The number of nitrogens with two attached hydrogens (primary N) is 1. The summed E-state index contributed by atoms with van der Waals surface area (Å²) in [5.41, 5.74) is 0.452. The standard InChI is InChI=1S/C20H23N3O8S2/c1-13(24)15-7-9-17(10-8-15)33(29,30)23(3)12-19(25)31-14(2)20(26)22-16-5-4-6-18(11-16)32(21,27)28/h4-11,14H,12H2,1-3H3,(H,22,26)(H2,21,27,28). The van der Waals surface area contributed by atoms with Gasteiger partial charge in [0.05, 0.1) is 9.79 Å². The highest BCUT2D eigenvalue weighted by Gasteiger charge is 2.26. The number of rotatable bonds is 9. The first-order valence-electron chi connectivity index (χ1n) is 9.42. The Kier molecular flexibility index (Phi) is 8.08. The highest BCUT2D eigenvalue weighted by molar-refractivity contribution is 7.89. The van der Waals surface area contributed by atoms with Crippen LogP contribution in [0.1, 0.15) is 24.2 Å². The van der Waals surface area contributed by atoms with Gasteiger partial charge in [-0.3, -0.25) is 14.4 Å². The number of sulfonamides is 2. The molecule has 1 amide bonds. The zero-order valence-corrected chi connectivity index (χ0v) is 19.6. The number of ketones is 1. The molecule has 0 aromatic heterocycles. The van der Waals surface area contributed by atoms with E-state index in [1.807, 2.05) is 0 Å². The fraction of sp³-hybridized carbons (Fsp3) is 0.250. The van der Waals surface area contributed by atoms with Gasteiger partial charge in [0.15, 0.2) is 11.9 Å². The third kappa shape index (κ3) is 6.92. The minimum absolute atomic E-state index is 0.114. The summed E-state index contributed by atoms with van der Waals surface area (Å²) >= 11 is 0. The van der Waals surface area contributed by atoms with Gasteiger partial charge >= 0.3 is 5.97 Å². The van der Waals surface area contributed by atoms with E-state index in [9.17, 15) is 31.2 Å². The van der Waals surface area contributed by atoms with E-state index in [4.69, 9.17) is 9.88 Å². The molecule has 1 atom stereocenters. The molecule has 2 aromatic rings. The van der Waals surface area contributed by atoms with Crippen molar-refractivity contribution in [3.8, 4) is 0 Å². The highest BCUT2D eigenvalue weighted by Crippen LogP contribution is 2.17. The van der Waals surface area contributed by atoms with Crippen LogP contribution in [0, 0.1) is 0 Å². The van der Waals surface area contributed by atoms with Gasteiger partial charge < -0.3 is 10.1 Å². The van der Waals surface area contributed by atoms with Crippen molar-refractivity contribution in [1.29, 1.82) is 0 Å². The van der Waals surface area contributed by atoms with Crippen molar-refractivity contribution < 1.29 is 36.0 Å². The fourth-order valence-corrected chi connectivity index (χ4v) is 4.27. The van der Waals surface area contributed by atoms with Gasteiger partial charge in [-0.1, -0.05) is 18.2 Å². The average Bonchev–Trinajstić information content (AvgIpc) is 2.73. The van der Waals surface area contributed by atoms with Crippen molar-refractivity contribution in [2.24, 2.45) is 5.14 Å². The van der Waals surface area contributed by atoms with E-state index in [1.54, 1.807) is 0 Å². The molecule has 11 nitrogen and oxygen atoms in total. The predicted octanol–water partition coefficient (Wildman–Crippen LogP) is 0.728. The van der Waals surface area contributed by atoms with Gasteiger partial charge in [0, 0.05) is 18.3 Å². The number of amides is 1. The third-order valence-electron chi connectivity index (χ3n) is 4.43. The van der Waals surface area contributed by atoms with Gasteiger partial charge in [-0.2, -0.15) is 4.31 Å². The largest absolute Gasteiger partial charge is 0.452 e. The van der Waals surface area contributed by atoms with Crippen LogP contribution in [0.2, 0.25) is 0 Å². The average molecular weight is 498 g/mol. The van der Waals surface area contributed by atoms with Crippen LogP contribution >= 0.6 is 0 Å². The van der Waals surface area contributed by atoms with E-state index in [0.717, 1.165) is 10.4 Å². The Morgan fingerprint density at radius 2 is 1.64 bits per heavy atom. The number of benzene rings is 2. The molecule has 13 heteroatoms. The summed E-state index contributed by atoms with van der Waals surface area (Å²) in [6, 6.07) is 10.4. The minimum atomic E-state index is -4.05. The molecule has 0 saturated heterocycles. The molecule has 0 radical (unpaired) electrons. The molecule has 0 aliphatic heterocycles. The smallest absolute Gasteiger partial charge is 0.322 e. The van der Waals surface area contributed by atoms with Crippen molar-refractivity contribution in [1.82, 2.24) is 4.31 Å². The number of primary sulfonamides is 1. The second-order valence-corrected chi connectivity index (χ2v) is 10.6. The van der Waals surface area contributed by atoms with Crippen LogP contribution in [0.15, 0.2) is 58.3 Å². The SMILES string of the molecule is CC(=O)c1ccc(S(=O)(=O)N(C)CC(=O)OC(C)C(=O)Nc2cccc(S(N)(=O)=O)c2)cc1. The summed E-state index contributed by atoms with van der Waals surface area (Å²) in [5.74, 6) is -1.97. The number of anilines is 1. The normalized spacial score (nSPS) is 12.8. The third-order valence-corrected chi connectivity index (χ3v) is 7.16. The Bertz CT molecular complexity index is 1270. The van der Waals surface area contributed by atoms with Crippen LogP contribution in [0.3, 0.4) is 0 Å². The van der Waals surface area contributed by atoms with Gasteiger partial charge in [0.2, 0.25) is 20.0 Å². The lowest BCUT2D eigenvalue weighted by Gasteiger charge is -2.18. The van der Waals surface area contributed by atoms with E-state index in [2.05, 4.69) is 5.32 Å². The maximum absolute atomic E-state index is 12.6. The molecule has 0 bridgehead atoms. The summed E-state index contributed by atoms with van der Waals surface area (Å²) in [7, 11) is -6.86. The predicted molar refractivity (Wildman–Crippen MR) is 118 cm³/mol. The zero-order valence-electron chi connectivity index (χ0n) is 18.0. The molecule has 2 aromatic carbocycles. The van der Waals surface area contributed by atoms with Crippen molar-refractivity contribution in [2.75, 3.05) is 18.9 Å². The summed E-state index contributed by atoms with van der Waals surface area (Å²) in [6.45, 7) is 1.95. The van der Waals surface area contributed by atoms with Gasteiger partial charge in [-0.15, -0.1) is 0 Å². The quantitative estimate of drug-likeness (QED) is 0.377. The first-order valence-corrected chi connectivity index (χ1v) is 12.4. The number of hydrogen-bond donors (Lipinski definition) is 2. The summed E-state index contributed by atoms with van der Waals surface area (Å²) in [6.07, 6.45) is -1.30. The summed E-state index contributed by atoms with van der Waals surface area (Å²) in [4.78, 5) is 35.4. The second kappa shape index (κ2) is 10.2. The lowest BCUT2D eigenvalue weighted by molar-refractivity contribution is -0.153.